The van der Waals surface area contributed by atoms with Crippen molar-refractivity contribution in [2.75, 3.05) is 26.2 Å². The number of hydrogen-bond acceptors (Lipinski definition) is 2. The van der Waals surface area contributed by atoms with Gasteiger partial charge >= 0.3 is 0 Å². The highest BCUT2D eigenvalue weighted by atomic mass is 15.2. The molecule has 0 radical (unpaired) electrons. The third kappa shape index (κ3) is 5.44. The molecule has 1 aliphatic rings. The van der Waals surface area contributed by atoms with Crippen LogP contribution in [0.5, 0.6) is 0 Å². The molecule has 0 aromatic carbocycles. The Hall–Kier alpha value is 0.0499. The second-order valence-corrected chi connectivity index (χ2v) is 6.38. The first-order valence-corrected chi connectivity index (χ1v) is 9.26. The third-order valence-electron chi connectivity index (χ3n) is 5.04. The molecule has 20 heavy (non-hydrogen) atoms. The number of hydrogen-bond donors (Lipinski definition) is 0. The summed E-state index contributed by atoms with van der Waals surface area (Å²) >= 11 is 0. The lowest BCUT2D eigenvalue weighted by molar-refractivity contribution is 0.0530. The van der Waals surface area contributed by atoms with E-state index >= 15 is 0 Å². The largest absolute Gasteiger partial charge is 0.299 e. The normalized spacial score (nSPS) is 23.6. The summed E-state index contributed by atoms with van der Waals surface area (Å²) in [6.45, 7) is 9.77. The Bertz CT molecular complexity index is 215. The Morgan fingerprint density at radius 1 is 0.800 bits per heavy atom. The molecule has 2 unspecified atom stereocenters. The molecule has 0 aromatic rings. The maximum absolute atomic E-state index is 2.78. The maximum atomic E-state index is 2.78. The first-order valence-electron chi connectivity index (χ1n) is 9.26. The van der Waals surface area contributed by atoms with Gasteiger partial charge in [0.25, 0.3) is 0 Å². The summed E-state index contributed by atoms with van der Waals surface area (Å²) in [7, 11) is 4.62. The van der Waals surface area contributed by atoms with Gasteiger partial charge in [0.2, 0.25) is 0 Å². The van der Waals surface area contributed by atoms with Crippen LogP contribution in [0.4, 0.5) is 0 Å². The lowest BCUT2D eigenvalue weighted by Gasteiger charge is -2.45. The van der Waals surface area contributed by atoms with E-state index in [1.807, 2.05) is 0 Å². The number of nitrogens with zero attached hydrogens (tertiary/aromatic N) is 2. The monoisotopic (exact) mass is 278 g/mol. The Balaban J connectivity index is 2.67. The molecule has 0 bridgehead atoms. The van der Waals surface area contributed by atoms with E-state index in [4.69, 9.17) is 0 Å². The molecule has 0 aromatic heterocycles. The van der Waals surface area contributed by atoms with E-state index in [-0.39, 0.29) is 0 Å². The lowest BCUT2D eigenvalue weighted by atomic mass is 9.87. The van der Waals surface area contributed by atoms with Gasteiger partial charge in [-0.1, -0.05) is 39.3 Å². The van der Waals surface area contributed by atoms with Crippen molar-refractivity contribution in [1.29, 1.82) is 0 Å². The van der Waals surface area contributed by atoms with Crippen LogP contribution < -0.4 is 0 Å². The lowest BCUT2D eigenvalue weighted by Crippen LogP contribution is -2.53. The van der Waals surface area contributed by atoms with Crippen LogP contribution in [0.25, 0.3) is 0 Å². The summed E-state index contributed by atoms with van der Waals surface area (Å²) in [5.41, 5.74) is 0. The van der Waals surface area contributed by atoms with E-state index in [2.05, 4.69) is 39.3 Å². The van der Waals surface area contributed by atoms with Gasteiger partial charge in [-0.2, -0.15) is 0 Å². The fraction of sp³-hybridized carbons (Fsp3) is 1.00. The highest BCUT2D eigenvalue weighted by Gasteiger charge is 2.32. The summed E-state index contributed by atoms with van der Waals surface area (Å²) in [6.07, 6.45) is 11.1. The SMILES string of the molecule is BCCCN(CC)C1CCCCC1N(CC)CCCB. The van der Waals surface area contributed by atoms with E-state index in [0.29, 0.717) is 0 Å². The molecule has 0 heterocycles. The van der Waals surface area contributed by atoms with Crippen molar-refractivity contribution in [3.8, 4) is 0 Å². The summed E-state index contributed by atoms with van der Waals surface area (Å²) in [6, 6.07) is 1.63. The Kier molecular flexibility index (Phi) is 9.71. The molecule has 0 spiro atoms. The van der Waals surface area contributed by atoms with Crippen molar-refractivity contribution in [2.24, 2.45) is 0 Å². The fourth-order valence-electron chi connectivity index (χ4n) is 3.78. The predicted octanol–water partition coefficient (Wildman–Crippen LogP) is 1.82. The standard InChI is InChI=1S/C16H36B2N2/c1-3-19(13-7-11-17)15-9-5-6-10-16(15)20(4-2)14-8-12-18/h15-16H,3-14,17-18H2,1-2H3. The van der Waals surface area contributed by atoms with Gasteiger partial charge in [0.15, 0.2) is 0 Å². The van der Waals surface area contributed by atoms with Crippen molar-refractivity contribution in [2.45, 2.75) is 77.1 Å². The molecule has 4 heteroatoms. The highest BCUT2D eigenvalue weighted by molar-refractivity contribution is 6.08. The van der Waals surface area contributed by atoms with Crippen LogP contribution in [0.3, 0.4) is 0 Å². The molecule has 2 atom stereocenters. The topological polar surface area (TPSA) is 6.48 Å². The Morgan fingerprint density at radius 2 is 1.20 bits per heavy atom. The molecule has 0 amide bonds. The van der Waals surface area contributed by atoms with Gasteiger partial charge in [0.05, 0.1) is 0 Å². The smallest absolute Gasteiger partial charge is 0.101 e. The van der Waals surface area contributed by atoms with Gasteiger partial charge in [-0.15, -0.1) is 0 Å². The molecular formula is C16H36B2N2. The van der Waals surface area contributed by atoms with E-state index in [0.717, 1.165) is 12.1 Å². The zero-order valence-corrected chi connectivity index (χ0v) is 14.5. The Morgan fingerprint density at radius 3 is 1.50 bits per heavy atom. The number of likely N-dealkylation sites (N-methyl/N-ethyl adjacent to an activating group) is 2. The minimum absolute atomic E-state index is 0.817. The van der Waals surface area contributed by atoms with Crippen LogP contribution in [0.1, 0.15) is 52.4 Å². The van der Waals surface area contributed by atoms with Crippen LogP contribution in [0, 0.1) is 0 Å². The number of rotatable bonds is 10. The molecular weight excluding hydrogens is 242 g/mol. The van der Waals surface area contributed by atoms with Crippen LogP contribution in [0.15, 0.2) is 0 Å². The van der Waals surface area contributed by atoms with Crippen molar-refractivity contribution < 1.29 is 0 Å². The van der Waals surface area contributed by atoms with Gasteiger partial charge in [0, 0.05) is 12.1 Å². The minimum atomic E-state index is 0.817. The summed E-state index contributed by atoms with van der Waals surface area (Å²) in [5.74, 6) is 0. The predicted molar refractivity (Wildman–Crippen MR) is 96.5 cm³/mol. The van der Waals surface area contributed by atoms with Crippen LogP contribution in [-0.4, -0.2) is 63.8 Å². The average molecular weight is 278 g/mol. The first-order chi connectivity index (χ1) is 9.78. The molecule has 116 valence electrons. The van der Waals surface area contributed by atoms with Gasteiger partial charge in [-0.25, -0.2) is 0 Å². The molecule has 0 N–H and O–H groups in total. The van der Waals surface area contributed by atoms with Crippen molar-refractivity contribution >= 4 is 15.7 Å². The van der Waals surface area contributed by atoms with Crippen LogP contribution >= 0.6 is 0 Å². The van der Waals surface area contributed by atoms with Gasteiger partial charge in [-0.05, 0) is 51.9 Å². The summed E-state index contributed by atoms with van der Waals surface area (Å²) < 4.78 is 0. The first kappa shape index (κ1) is 18.1. The van der Waals surface area contributed by atoms with Crippen LogP contribution in [0.2, 0.25) is 12.6 Å². The molecule has 2 nitrogen and oxygen atoms in total. The zero-order chi connectivity index (χ0) is 14.8. The van der Waals surface area contributed by atoms with Crippen LogP contribution in [-0.2, 0) is 0 Å². The van der Waals surface area contributed by atoms with E-state index in [1.165, 1.54) is 77.3 Å². The quantitative estimate of drug-likeness (QED) is 0.562. The van der Waals surface area contributed by atoms with Gasteiger partial charge < -0.3 is 0 Å². The second-order valence-electron chi connectivity index (χ2n) is 6.38. The second kappa shape index (κ2) is 10.7. The van der Waals surface area contributed by atoms with Crippen molar-refractivity contribution in [3.63, 3.8) is 0 Å². The third-order valence-corrected chi connectivity index (χ3v) is 5.04. The minimum Gasteiger partial charge on any atom is -0.299 e. The summed E-state index contributed by atoms with van der Waals surface area (Å²) in [4.78, 5) is 5.56. The van der Waals surface area contributed by atoms with E-state index in [1.54, 1.807) is 0 Å². The molecule has 1 saturated carbocycles. The molecule has 0 saturated heterocycles. The molecule has 1 aliphatic carbocycles. The van der Waals surface area contributed by atoms with Gasteiger partial charge in [0.1, 0.15) is 15.7 Å². The zero-order valence-electron chi connectivity index (χ0n) is 14.5. The van der Waals surface area contributed by atoms with Crippen molar-refractivity contribution in [1.82, 2.24) is 9.80 Å². The highest BCUT2D eigenvalue weighted by Crippen LogP contribution is 2.27. The molecule has 0 aliphatic heterocycles. The summed E-state index contributed by atoms with van der Waals surface area (Å²) in [5, 5.41) is 0. The van der Waals surface area contributed by atoms with Crippen molar-refractivity contribution in [3.05, 3.63) is 0 Å². The molecule has 1 fully saturated rings. The molecule has 1 rings (SSSR count). The van der Waals surface area contributed by atoms with E-state index in [9.17, 15) is 0 Å². The van der Waals surface area contributed by atoms with Gasteiger partial charge in [-0.3, -0.25) is 9.80 Å². The van der Waals surface area contributed by atoms with E-state index < -0.39 is 0 Å². The average Bonchev–Trinajstić information content (AvgIpc) is 2.50. The Labute approximate surface area is 129 Å². The fourth-order valence-corrected chi connectivity index (χ4v) is 3.78. The maximum Gasteiger partial charge on any atom is 0.101 e.